The zero-order valence-corrected chi connectivity index (χ0v) is 13.0. The highest BCUT2D eigenvalue weighted by molar-refractivity contribution is 5.76. The van der Waals surface area contributed by atoms with E-state index in [0.29, 0.717) is 18.4 Å². The summed E-state index contributed by atoms with van der Waals surface area (Å²) in [5.41, 5.74) is 3.43. The van der Waals surface area contributed by atoms with Gasteiger partial charge in [-0.1, -0.05) is 17.3 Å². The molecule has 0 aliphatic heterocycles. The average Bonchev–Trinajstić information content (AvgIpc) is 2.84. The van der Waals surface area contributed by atoms with Crippen molar-refractivity contribution in [3.05, 3.63) is 52.4 Å². The van der Waals surface area contributed by atoms with E-state index >= 15 is 0 Å². The van der Waals surface area contributed by atoms with Crippen molar-refractivity contribution in [2.24, 2.45) is 0 Å². The molecule has 1 heterocycles. The molecule has 1 aromatic heterocycles. The van der Waals surface area contributed by atoms with Gasteiger partial charge in [0.2, 0.25) is 5.91 Å². The first-order valence-corrected chi connectivity index (χ1v) is 7.22. The fourth-order valence-electron chi connectivity index (χ4n) is 2.34. The maximum absolute atomic E-state index is 12.1. The lowest BCUT2D eigenvalue weighted by Gasteiger charge is -2.14. The molecular formula is C17H19N3O2. The molecule has 2 aromatic rings. The molecule has 0 spiro atoms. The van der Waals surface area contributed by atoms with Gasteiger partial charge in [-0.2, -0.15) is 5.26 Å². The van der Waals surface area contributed by atoms with E-state index in [1.54, 1.807) is 12.1 Å². The first-order valence-electron chi connectivity index (χ1n) is 7.22. The van der Waals surface area contributed by atoms with Gasteiger partial charge in [0.25, 0.3) is 0 Å². The van der Waals surface area contributed by atoms with Crippen LogP contribution in [0.1, 0.15) is 47.5 Å². The van der Waals surface area contributed by atoms with E-state index in [9.17, 15) is 4.79 Å². The Morgan fingerprint density at radius 1 is 1.36 bits per heavy atom. The van der Waals surface area contributed by atoms with Gasteiger partial charge < -0.3 is 9.84 Å². The summed E-state index contributed by atoms with van der Waals surface area (Å²) in [6, 6.07) is 9.21. The highest BCUT2D eigenvalue weighted by atomic mass is 16.5. The number of nitrogens with zero attached hydrogens (tertiary/aromatic N) is 2. The van der Waals surface area contributed by atoms with Gasteiger partial charge in [0, 0.05) is 12.0 Å². The summed E-state index contributed by atoms with van der Waals surface area (Å²) in [4.78, 5) is 12.1. The maximum atomic E-state index is 12.1. The number of hydrogen-bond acceptors (Lipinski definition) is 4. The van der Waals surface area contributed by atoms with Crippen molar-refractivity contribution in [1.29, 1.82) is 5.26 Å². The van der Waals surface area contributed by atoms with Crippen LogP contribution in [-0.2, 0) is 11.2 Å². The number of carbonyl (C=O) groups is 1. The van der Waals surface area contributed by atoms with Crippen molar-refractivity contribution in [2.45, 2.75) is 39.7 Å². The zero-order valence-electron chi connectivity index (χ0n) is 13.0. The second-order valence-corrected chi connectivity index (χ2v) is 5.33. The van der Waals surface area contributed by atoms with E-state index in [1.165, 1.54) is 0 Å². The predicted molar refractivity (Wildman–Crippen MR) is 82.0 cm³/mol. The molecular weight excluding hydrogens is 278 g/mol. The van der Waals surface area contributed by atoms with Gasteiger partial charge in [0.05, 0.1) is 23.4 Å². The summed E-state index contributed by atoms with van der Waals surface area (Å²) >= 11 is 0. The Bertz CT molecular complexity index is 676. The third-order valence-electron chi connectivity index (χ3n) is 3.70. The maximum Gasteiger partial charge on any atom is 0.220 e. The number of amides is 1. The van der Waals surface area contributed by atoms with Crippen molar-refractivity contribution in [1.82, 2.24) is 10.5 Å². The fraction of sp³-hybridized carbons (Fsp3) is 0.353. The molecule has 0 bridgehead atoms. The molecule has 0 radical (unpaired) electrons. The third kappa shape index (κ3) is 3.73. The molecule has 22 heavy (non-hydrogen) atoms. The molecule has 1 N–H and O–H groups in total. The molecule has 5 heteroatoms. The number of aromatic nitrogens is 1. The summed E-state index contributed by atoms with van der Waals surface area (Å²) in [5, 5.41) is 15.6. The van der Waals surface area contributed by atoms with Crippen LogP contribution in [0.15, 0.2) is 28.8 Å². The molecule has 5 nitrogen and oxygen atoms in total. The molecule has 1 unspecified atom stereocenters. The number of rotatable bonds is 5. The predicted octanol–water partition coefficient (Wildman–Crippen LogP) is 2.97. The Kier molecular flexibility index (Phi) is 4.95. The number of nitriles is 1. The summed E-state index contributed by atoms with van der Waals surface area (Å²) in [5.74, 6) is 0.752. The smallest absolute Gasteiger partial charge is 0.220 e. The van der Waals surface area contributed by atoms with Gasteiger partial charge in [0.15, 0.2) is 0 Å². The SMILES string of the molecule is Cc1noc(C)c1CCC(=O)NC(C)c1ccc(C#N)cc1. The van der Waals surface area contributed by atoms with E-state index in [0.717, 1.165) is 22.6 Å². The Morgan fingerprint density at radius 3 is 2.59 bits per heavy atom. The van der Waals surface area contributed by atoms with Crippen LogP contribution in [0.3, 0.4) is 0 Å². The minimum Gasteiger partial charge on any atom is -0.361 e. The summed E-state index contributed by atoms with van der Waals surface area (Å²) < 4.78 is 5.09. The molecule has 0 aliphatic rings. The van der Waals surface area contributed by atoms with Crippen LogP contribution in [0.4, 0.5) is 0 Å². The van der Waals surface area contributed by atoms with Gasteiger partial charge in [0.1, 0.15) is 5.76 Å². The van der Waals surface area contributed by atoms with Gasteiger partial charge in [-0.25, -0.2) is 0 Å². The molecule has 0 aliphatic carbocycles. The quantitative estimate of drug-likeness (QED) is 0.920. The zero-order chi connectivity index (χ0) is 16.1. The second-order valence-electron chi connectivity index (χ2n) is 5.33. The summed E-state index contributed by atoms with van der Waals surface area (Å²) in [6.07, 6.45) is 1.01. The van der Waals surface area contributed by atoms with Gasteiger partial charge in [-0.15, -0.1) is 0 Å². The molecule has 0 saturated carbocycles. The highest BCUT2D eigenvalue weighted by Crippen LogP contribution is 2.16. The third-order valence-corrected chi connectivity index (χ3v) is 3.70. The van der Waals surface area contributed by atoms with Gasteiger partial charge >= 0.3 is 0 Å². The lowest BCUT2D eigenvalue weighted by Crippen LogP contribution is -2.26. The molecule has 1 atom stereocenters. The van der Waals surface area contributed by atoms with Crippen molar-refractivity contribution in [3.63, 3.8) is 0 Å². The minimum absolute atomic E-state index is 0.0168. The Morgan fingerprint density at radius 2 is 2.05 bits per heavy atom. The monoisotopic (exact) mass is 297 g/mol. The lowest BCUT2D eigenvalue weighted by atomic mass is 10.1. The number of benzene rings is 1. The first kappa shape index (κ1) is 15.8. The topological polar surface area (TPSA) is 78.9 Å². The van der Waals surface area contributed by atoms with Gasteiger partial charge in [-0.05, 0) is 44.9 Å². The van der Waals surface area contributed by atoms with E-state index in [4.69, 9.17) is 9.78 Å². The molecule has 114 valence electrons. The molecule has 1 aromatic carbocycles. The van der Waals surface area contributed by atoms with E-state index in [2.05, 4.69) is 16.5 Å². The van der Waals surface area contributed by atoms with Crippen LogP contribution in [-0.4, -0.2) is 11.1 Å². The number of aryl methyl sites for hydroxylation is 2. The number of carbonyl (C=O) groups excluding carboxylic acids is 1. The fourth-order valence-corrected chi connectivity index (χ4v) is 2.34. The van der Waals surface area contributed by atoms with Crippen molar-refractivity contribution in [3.8, 4) is 6.07 Å². The Labute approximate surface area is 129 Å². The van der Waals surface area contributed by atoms with Crippen LogP contribution in [0, 0.1) is 25.2 Å². The van der Waals surface area contributed by atoms with Crippen LogP contribution in [0.25, 0.3) is 0 Å². The Hall–Kier alpha value is -2.61. The van der Waals surface area contributed by atoms with E-state index in [1.807, 2.05) is 32.9 Å². The second kappa shape index (κ2) is 6.90. The molecule has 2 rings (SSSR count). The standard InChI is InChI=1S/C17H19N3O2/c1-11(15-6-4-14(10-18)5-7-15)19-17(21)9-8-16-12(2)20-22-13(16)3/h4-7,11H,8-9H2,1-3H3,(H,19,21). The number of hydrogen-bond donors (Lipinski definition) is 1. The lowest BCUT2D eigenvalue weighted by molar-refractivity contribution is -0.121. The largest absolute Gasteiger partial charge is 0.361 e. The van der Waals surface area contributed by atoms with Crippen LogP contribution < -0.4 is 5.32 Å². The normalized spacial score (nSPS) is 11.7. The van der Waals surface area contributed by atoms with Crippen molar-refractivity contribution < 1.29 is 9.32 Å². The van der Waals surface area contributed by atoms with Crippen molar-refractivity contribution in [2.75, 3.05) is 0 Å². The van der Waals surface area contributed by atoms with Gasteiger partial charge in [-0.3, -0.25) is 4.79 Å². The minimum atomic E-state index is -0.0927. The summed E-state index contributed by atoms with van der Waals surface area (Å²) in [6.45, 7) is 5.66. The average molecular weight is 297 g/mol. The van der Waals surface area contributed by atoms with Crippen molar-refractivity contribution >= 4 is 5.91 Å². The first-order chi connectivity index (χ1) is 10.5. The van der Waals surface area contributed by atoms with Crippen LogP contribution in [0.5, 0.6) is 0 Å². The number of nitrogens with one attached hydrogen (secondary N) is 1. The molecule has 0 saturated heterocycles. The van der Waals surface area contributed by atoms with Crippen LogP contribution in [0.2, 0.25) is 0 Å². The molecule has 0 fully saturated rings. The molecule has 1 amide bonds. The van der Waals surface area contributed by atoms with Crippen LogP contribution >= 0.6 is 0 Å². The van der Waals surface area contributed by atoms with E-state index < -0.39 is 0 Å². The Balaban J connectivity index is 1.90. The van der Waals surface area contributed by atoms with E-state index in [-0.39, 0.29) is 11.9 Å². The highest BCUT2D eigenvalue weighted by Gasteiger charge is 2.13. The summed E-state index contributed by atoms with van der Waals surface area (Å²) in [7, 11) is 0.